The number of pyridine rings is 1. The van der Waals surface area contributed by atoms with Gasteiger partial charge in [0.2, 0.25) is 0 Å². The summed E-state index contributed by atoms with van der Waals surface area (Å²) in [4.78, 5) is 39.9. The second-order valence-corrected chi connectivity index (χ2v) is 8.95. The van der Waals surface area contributed by atoms with Gasteiger partial charge in [0.15, 0.2) is 5.78 Å². The minimum absolute atomic E-state index is 0.0427. The van der Waals surface area contributed by atoms with E-state index in [2.05, 4.69) is 5.32 Å². The Morgan fingerprint density at radius 3 is 2.44 bits per heavy atom. The number of nitrogens with one attached hydrogen (secondary N) is 1. The molecular formula is C26H25FN2O3. The number of carbonyl (C=O) groups excluding carboxylic acids is 2. The summed E-state index contributed by atoms with van der Waals surface area (Å²) in [7, 11) is 0. The summed E-state index contributed by atoms with van der Waals surface area (Å²) in [6.07, 6.45) is 2.96. The van der Waals surface area contributed by atoms with E-state index in [1.54, 1.807) is 6.07 Å². The number of benzene rings is 2. The fourth-order valence-electron chi connectivity index (χ4n) is 4.31. The van der Waals surface area contributed by atoms with Gasteiger partial charge in [-0.2, -0.15) is 0 Å². The monoisotopic (exact) mass is 432 g/mol. The number of aromatic nitrogens is 1. The van der Waals surface area contributed by atoms with Crippen LogP contribution in [0.1, 0.15) is 59.0 Å². The highest BCUT2D eigenvalue weighted by molar-refractivity contribution is 6.09. The molecule has 0 radical (unpaired) electrons. The van der Waals surface area contributed by atoms with Gasteiger partial charge in [-0.05, 0) is 59.7 Å². The predicted octanol–water partition coefficient (Wildman–Crippen LogP) is 4.95. The van der Waals surface area contributed by atoms with Crippen molar-refractivity contribution in [2.24, 2.45) is 5.41 Å². The van der Waals surface area contributed by atoms with Crippen molar-refractivity contribution in [2.45, 2.75) is 40.0 Å². The molecule has 164 valence electrons. The molecule has 0 fully saturated rings. The number of hydrogen-bond acceptors (Lipinski definition) is 3. The van der Waals surface area contributed by atoms with Gasteiger partial charge in [-0.15, -0.1) is 0 Å². The Hall–Kier alpha value is -3.54. The molecule has 0 saturated carbocycles. The smallest absolute Gasteiger partial charge is 0.268 e. The van der Waals surface area contributed by atoms with Crippen LogP contribution in [0.2, 0.25) is 0 Å². The SMILES string of the molecule is CCc1ccccc1NC(=O)c1c2c(cn(-c3ccc(F)cc3)c1=O)C(=O)CC(C)(C)C2. The summed E-state index contributed by atoms with van der Waals surface area (Å²) in [5, 5.41) is 2.88. The van der Waals surface area contributed by atoms with E-state index >= 15 is 0 Å². The lowest BCUT2D eigenvalue weighted by Crippen LogP contribution is -2.37. The molecule has 3 aromatic rings. The number of carbonyl (C=O) groups is 2. The minimum Gasteiger partial charge on any atom is -0.322 e. The Kier molecular flexibility index (Phi) is 5.55. The molecule has 0 saturated heterocycles. The molecule has 0 bridgehead atoms. The van der Waals surface area contributed by atoms with E-state index in [-0.39, 0.29) is 16.8 Å². The van der Waals surface area contributed by atoms with Crippen LogP contribution >= 0.6 is 0 Å². The van der Waals surface area contributed by atoms with Crippen LogP contribution in [0.5, 0.6) is 0 Å². The Bertz CT molecular complexity index is 1270. The van der Waals surface area contributed by atoms with Crippen LogP contribution in [0.25, 0.3) is 5.69 Å². The molecule has 0 atom stereocenters. The number of halogens is 1. The zero-order valence-electron chi connectivity index (χ0n) is 18.4. The average molecular weight is 432 g/mol. The Balaban J connectivity index is 1.91. The number of ketones is 1. The number of anilines is 1. The second-order valence-electron chi connectivity index (χ2n) is 8.95. The maximum atomic E-state index is 13.5. The summed E-state index contributed by atoms with van der Waals surface area (Å²) in [6, 6.07) is 12.8. The van der Waals surface area contributed by atoms with Crippen molar-refractivity contribution in [3.63, 3.8) is 0 Å². The molecule has 1 amide bonds. The molecule has 6 heteroatoms. The normalized spacial score (nSPS) is 14.7. The number of fused-ring (bicyclic) bond motifs is 1. The fourth-order valence-corrected chi connectivity index (χ4v) is 4.31. The Morgan fingerprint density at radius 1 is 1.06 bits per heavy atom. The zero-order chi connectivity index (χ0) is 23.0. The maximum Gasteiger partial charge on any atom is 0.268 e. The molecule has 32 heavy (non-hydrogen) atoms. The fraction of sp³-hybridized carbons (Fsp3) is 0.269. The second kappa shape index (κ2) is 8.19. The lowest BCUT2D eigenvalue weighted by atomic mass is 9.73. The van der Waals surface area contributed by atoms with E-state index in [1.807, 2.05) is 39.0 Å². The Morgan fingerprint density at radius 2 is 1.75 bits per heavy atom. The third-order valence-electron chi connectivity index (χ3n) is 5.89. The molecule has 1 aromatic heterocycles. The van der Waals surface area contributed by atoms with E-state index < -0.39 is 17.3 Å². The van der Waals surface area contributed by atoms with Crippen LogP contribution in [-0.2, 0) is 12.8 Å². The highest BCUT2D eigenvalue weighted by atomic mass is 19.1. The highest BCUT2D eigenvalue weighted by Crippen LogP contribution is 2.36. The van der Waals surface area contributed by atoms with Crippen LogP contribution in [0, 0.1) is 11.2 Å². The lowest BCUT2D eigenvalue weighted by molar-refractivity contribution is 0.0910. The third kappa shape index (κ3) is 4.00. The van der Waals surface area contributed by atoms with Gasteiger partial charge in [0, 0.05) is 29.6 Å². The van der Waals surface area contributed by atoms with Gasteiger partial charge in [0.1, 0.15) is 11.4 Å². The van der Waals surface area contributed by atoms with Crippen LogP contribution < -0.4 is 10.9 Å². The van der Waals surface area contributed by atoms with E-state index in [0.29, 0.717) is 41.8 Å². The first-order valence-corrected chi connectivity index (χ1v) is 10.7. The summed E-state index contributed by atoms with van der Waals surface area (Å²) < 4.78 is 14.7. The molecule has 1 aliphatic carbocycles. The van der Waals surface area contributed by atoms with Gasteiger partial charge < -0.3 is 5.32 Å². The zero-order valence-corrected chi connectivity index (χ0v) is 18.4. The molecule has 0 aliphatic heterocycles. The van der Waals surface area contributed by atoms with Crippen LogP contribution in [0.15, 0.2) is 59.5 Å². The van der Waals surface area contributed by atoms with Gasteiger partial charge in [-0.1, -0.05) is 39.0 Å². The average Bonchev–Trinajstić information content (AvgIpc) is 2.74. The first-order valence-electron chi connectivity index (χ1n) is 10.7. The minimum atomic E-state index is -0.547. The van der Waals surface area contributed by atoms with Crippen LogP contribution in [0.3, 0.4) is 0 Å². The molecule has 5 nitrogen and oxygen atoms in total. The first-order chi connectivity index (χ1) is 15.2. The molecule has 1 heterocycles. The molecule has 4 rings (SSSR count). The van der Waals surface area contributed by atoms with Crippen molar-refractivity contribution in [1.29, 1.82) is 0 Å². The molecule has 0 spiro atoms. The van der Waals surface area contributed by atoms with E-state index in [1.165, 1.54) is 35.0 Å². The van der Waals surface area contributed by atoms with Crippen molar-refractivity contribution < 1.29 is 14.0 Å². The number of para-hydroxylation sites is 1. The predicted molar refractivity (Wildman–Crippen MR) is 122 cm³/mol. The van der Waals surface area contributed by atoms with E-state index in [0.717, 1.165) is 5.56 Å². The van der Waals surface area contributed by atoms with Crippen molar-refractivity contribution in [1.82, 2.24) is 4.57 Å². The topological polar surface area (TPSA) is 68.2 Å². The van der Waals surface area contributed by atoms with E-state index in [9.17, 15) is 18.8 Å². The van der Waals surface area contributed by atoms with Gasteiger partial charge in [-0.3, -0.25) is 19.0 Å². The van der Waals surface area contributed by atoms with Gasteiger partial charge in [0.05, 0.1) is 0 Å². The van der Waals surface area contributed by atoms with E-state index in [4.69, 9.17) is 0 Å². The molecule has 2 aromatic carbocycles. The molecule has 1 aliphatic rings. The van der Waals surface area contributed by atoms with Gasteiger partial charge in [0.25, 0.3) is 11.5 Å². The first kappa shape index (κ1) is 21.7. The number of hydrogen-bond donors (Lipinski definition) is 1. The van der Waals surface area contributed by atoms with Gasteiger partial charge >= 0.3 is 0 Å². The van der Waals surface area contributed by atoms with Crippen LogP contribution in [0.4, 0.5) is 10.1 Å². The largest absolute Gasteiger partial charge is 0.322 e. The van der Waals surface area contributed by atoms with Gasteiger partial charge in [-0.25, -0.2) is 4.39 Å². The Labute approximate surface area is 185 Å². The molecule has 0 unspecified atom stereocenters. The van der Waals surface area contributed by atoms with Crippen molar-refractivity contribution in [2.75, 3.05) is 5.32 Å². The molecule has 1 N–H and O–H groups in total. The summed E-state index contributed by atoms with van der Waals surface area (Å²) in [5.74, 6) is -1.10. The highest BCUT2D eigenvalue weighted by Gasteiger charge is 2.36. The number of rotatable bonds is 4. The number of amides is 1. The quantitative estimate of drug-likeness (QED) is 0.635. The maximum absolute atomic E-state index is 13.5. The molecular weight excluding hydrogens is 407 g/mol. The summed E-state index contributed by atoms with van der Waals surface area (Å²) >= 11 is 0. The summed E-state index contributed by atoms with van der Waals surface area (Å²) in [6.45, 7) is 5.89. The third-order valence-corrected chi connectivity index (χ3v) is 5.89. The number of Topliss-reactive ketones (excluding diaryl/α,β-unsaturated/α-hetero) is 1. The number of aryl methyl sites for hydroxylation is 1. The van der Waals surface area contributed by atoms with Crippen molar-refractivity contribution >= 4 is 17.4 Å². The van der Waals surface area contributed by atoms with Crippen molar-refractivity contribution in [3.05, 3.63) is 93.2 Å². The standard InChI is InChI=1S/C26H25FN2O3/c1-4-16-7-5-6-8-21(16)28-24(31)23-19-13-26(2,3)14-22(30)20(19)15-29(25(23)32)18-11-9-17(27)10-12-18/h5-12,15H,4,13-14H2,1-3H3,(H,28,31). The summed E-state index contributed by atoms with van der Waals surface area (Å²) in [5.41, 5.74) is 1.86. The van der Waals surface area contributed by atoms with Crippen LogP contribution in [-0.4, -0.2) is 16.3 Å². The number of nitrogens with zero attached hydrogens (tertiary/aromatic N) is 1. The van der Waals surface area contributed by atoms with Crippen molar-refractivity contribution in [3.8, 4) is 5.69 Å². The lowest BCUT2D eigenvalue weighted by Gasteiger charge is -2.31.